The second-order valence-corrected chi connectivity index (χ2v) is 9.76. The molecule has 2 aromatic carbocycles. The van der Waals surface area contributed by atoms with Gasteiger partial charge in [-0.1, -0.05) is 47.7 Å². The molecule has 2 aromatic heterocycles. The Labute approximate surface area is 185 Å². The molecule has 0 spiro atoms. The van der Waals surface area contributed by atoms with Crippen molar-refractivity contribution in [3.05, 3.63) is 83.3 Å². The zero-order chi connectivity index (χ0) is 20.8. The molecule has 0 atom stereocenters. The minimum Gasteiger partial charge on any atom is -0.299 e. The Morgan fingerprint density at radius 1 is 0.935 bits per heavy atom. The van der Waals surface area contributed by atoms with Crippen molar-refractivity contribution in [2.45, 2.75) is 37.6 Å². The molecule has 1 aliphatic carbocycles. The lowest BCUT2D eigenvalue weighted by molar-refractivity contribution is 0.331. The van der Waals surface area contributed by atoms with Gasteiger partial charge in [0.25, 0.3) is 0 Å². The van der Waals surface area contributed by atoms with E-state index < -0.39 is 0 Å². The maximum atomic E-state index is 15.0. The number of thiazole rings is 1. The summed E-state index contributed by atoms with van der Waals surface area (Å²) in [7, 11) is 0. The maximum absolute atomic E-state index is 15.0. The number of fused-ring (bicyclic) bond motifs is 1. The highest BCUT2D eigenvalue weighted by atomic mass is 32.1. The van der Waals surface area contributed by atoms with Crippen LogP contribution in [0.2, 0.25) is 0 Å². The predicted octanol–water partition coefficient (Wildman–Crippen LogP) is 6.17. The van der Waals surface area contributed by atoms with Crippen LogP contribution in [-0.2, 0) is 12.0 Å². The second kappa shape index (κ2) is 7.50. The molecule has 3 nitrogen and oxygen atoms in total. The van der Waals surface area contributed by atoms with Gasteiger partial charge in [0, 0.05) is 17.5 Å². The lowest BCUT2D eigenvalue weighted by Crippen LogP contribution is -2.18. The Bertz CT molecular complexity index is 1240. The third-order valence-electron chi connectivity index (χ3n) is 6.69. The second-order valence-electron chi connectivity index (χ2n) is 8.79. The SMILES string of the molecule is Fc1cc(CN2CCCC2)ccc1-c1nc2ccc(C3(c4ccccc4)CC3)nc2s1. The van der Waals surface area contributed by atoms with Crippen molar-refractivity contribution in [2.24, 2.45) is 0 Å². The van der Waals surface area contributed by atoms with E-state index in [0.29, 0.717) is 10.6 Å². The molecule has 4 aromatic rings. The number of hydrogen-bond acceptors (Lipinski definition) is 4. The van der Waals surface area contributed by atoms with Crippen LogP contribution in [0.25, 0.3) is 20.9 Å². The van der Waals surface area contributed by atoms with Gasteiger partial charge in [-0.05, 0) is 74.2 Å². The number of benzene rings is 2. The molecule has 0 radical (unpaired) electrons. The molecule has 0 N–H and O–H groups in total. The van der Waals surface area contributed by atoms with Gasteiger partial charge in [0.15, 0.2) is 0 Å². The number of halogens is 1. The van der Waals surface area contributed by atoms with Crippen molar-refractivity contribution < 1.29 is 4.39 Å². The molecule has 2 fully saturated rings. The highest BCUT2D eigenvalue weighted by molar-refractivity contribution is 7.21. The first-order valence-corrected chi connectivity index (χ1v) is 11.9. The summed E-state index contributed by atoms with van der Waals surface area (Å²) < 4.78 is 15.0. The van der Waals surface area contributed by atoms with Gasteiger partial charge >= 0.3 is 0 Å². The van der Waals surface area contributed by atoms with E-state index in [4.69, 9.17) is 9.97 Å². The molecule has 0 unspecified atom stereocenters. The van der Waals surface area contributed by atoms with Gasteiger partial charge in [-0.2, -0.15) is 0 Å². The fourth-order valence-corrected chi connectivity index (χ4v) is 5.77. The fraction of sp³-hybridized carbons (Fsp3) is 0.308. The Hall–Kier alpha value is -2.63. The van der Waals surface area contributed by atoms with Gasteiger partial charge in [-0.15, -0.1) is 0 Å². The highest BCUT2D eigenvalue weighted by Crippen LogP contribution is 2.53. The molecule has 1 saturated heterocycles. The van der Waals surface area contributed by atoms with Crippen molar-refractivity contribution in [3.8, 4) is 10.6 Å². The van der Waals surface area contributed by atoms with Crippen LogP contribution in [-0.4, -0.2) is 28.0 Å². The molecular weight excluding hydrogens is 405 g/mol. The van der Waals surface area contributed by atoms with Crippen LogP contribution in [0.5, 0.6) is 0 Å². The quantitative estimate of drug-likeness (QED) is 0.380. The van der Waals surface area contributed by atoms with Gasteiger partial charge in [0.2, 0.25) is 0 Å². The summed E-state index contributed by atoms with van der Waals surface area (Å²) in [5.41, 5.74) is 4.89. The normalized spacial score (nSPS) is 18.0. The predicted molar refractivity (Wildman–Crippen MR) is 124 cm³/mol. The number of rotatable bonds is 5. The molecule has 0 amide bonds. The summed E-state index contributed by atoms with van der Waals surface area (Å²) in [6.07, 6.45) is 4.72. The summed E-state index contributed by atoms with van der Waals surface area (Å²) in [5.74, 6) is -0.195. The summed E-state index contributed by atoms with van der Waals surface area (Å²) >= 11 is 1.48. The van der Waals surface area contributed by atoms with Gasteiger partial charge in [0.05, 0.1) is 5.69 Å². The van der Waals surface area contributed by atoms with Gasteiger partial charge < -0.3 is 0 Å². The molecular formula is C26H24FN3S. The molecule has 0 bridgehead atoms. The third-order valence-corrected chi connectivity index (χ3v) is 7.69. The Balaban J connectivity index is 1.31. The van der Waals surface area contributed by atoms with E-state index in [-0.39, 0.29) is 11.2 Å². The highest BCUT2D eigenvalue weighted by Gasteiger charge is 2.47. The number of pyridine rings is 1. The van der Waals surface area contributed by atoms with Crippen LogP contribution in [0.4, 0.5) is 4.39 Å². The molecule has 1 aliphatic heterocycles. The average Bonchev–Trinajstić information content (AvgIpc) is 3.23. The van der Waals surface area contributed by atoms with E-state index >= 15 is 0 Å². The Morgan fingerprint density at radius 2 is 1.74 bits per heavy atom. The number of nitrogens with zero attached hydrogens (tertiary/aromatic N) is 3. The zero-order valence-electron chi connectivity index (χ0n) is 17.4. The lowest BCUT2D eigenvalue weighted by Gasteiger charge is -2.14. The number of aromatic nitrogens is 2. The van der Waals surface area contributed by atoms with E-state index in [9.17, 15) is 4.39 Å². The first-order chi connectivity index (χ1) is 15.2. The van der Waals surface area contributed by atoms with Crippen molar-refractivity contribution >= 4 is 21.7 Å². The van der Waals surface area contributed by atoms with Gasteiger partial charge in [0.1, 0.15) is 21.2 Å². The first kappa shape index (κ1) is 19.1. The topological polar surface area (TPSA) is 29.0 Å². The van der Waals surface area contributed by atoms with Crippen molar-refractivity contribution in [1.82, 2.24) is 14.9 Å². The van der Waals surface area contributed by atoms with Crippen LogP contribution in [0.3, 0.4) is 0 Å². The van der Waals surface area contributed by atoms with Crippen LogP contribution >= 0.6 is 11.3 Å². The molecule has 156 valence electrons. The third kappa shape index (κ3) is 3.46. The molecule has 3 heterocycles. The van der Waals surface area contributed by atoms with Crippen LogP contribution in [0, 0.1) is 5.82 Å². The fourth-order valence-electron chi connectivity index (χ4n) is 4.80. The lowest BCUT2D eigenvalue weighted by atomic mass is 9.92. The average molecular weight is 430 g/mol. The number of likely N-dealkylation sites (tertiary alicyclic amines) is 1. The van der Waals surface area contributed by atoms with Crippen molar-refractivity contribution in [3.63, 3.8) is 0 Å². The van der Waals surface area contributed by atoms with E-state index in [1.165, 1.54) is 29.7 Å². The standard InChI is InChI=1S/C26H24FN3S/c27-21-16-18(17-30-14-4-5-15-30)8-9-20(21)24-28-22-10-11-23(29-25(22)31-24)26(12-13-26)19-6-2-1-3-7-19/h1-3,6-11,16H,4-5,12-15,17H2. The smallest absolute Gasteiger partial charge is 0.144 e. The Kier molecular flexibility index (Phi) is 4.62. The molecule has 31 heavy (non-hydrogen) atoms. The summed E-state index contributed by atoms with van der Waals surface area (Å²) in [6.45, 7) is 3.04. The molecule has 6 rings (SSSR count). The summed E-state index contributed by atoms with van der Waals surface area (Å²) in [6, 6.07) is 20.4. The zero-order valence-corrected chi connectivity index (χ0v) is 18.2. The van der Waals surface area contributed by atoms with Crippen LogP contribution < -0.4 is 0 Å². The summed E-state index contributed by atoms with van der Waals surface area (Å²) in [5, 5.41) is 0.703. The largest absolute Gasteiger partial charge is 0.299 e. The van der Waals surface area contributed by atoms with E-state index in [1.54, 1.807) is 6.07 Å². The maximum Gasteiger partial charge on any atom is 0.144 e. The van der Waals surface area contributed by atoms with Gasteiger partial charge in [-0.3, -0.25) is 4.90 Å². The monoisotopic (exact) mass is 429 g/mol. The summed E-state index contributed by atoms with van der Waals surface area (Å²) in [4.78, 5) is 12.9. The van der Waals surface area contributed by atoms with E-state index in [2.05, 4.69) is 41.3 Å². The van der Waals surface area contributed by atoms with Crippen LogP contribution in [0.15, 0.2) is 60.7 Å². The Morgan fingerprint density at radius 3 is 2.48 bits per heavy atom. The number of hydrogen-bond donors (Lipinski definition) is 0. The van der Waals surface area contributed by atoms with E-state index in [0.717, 1.165) is 54.1 Å². The molecule has 1 saturated carbocycles. The minimum atomic E-state index is -0.195. The van der Waals surface area contributed by atoms with Gasteiger partial charge in [-0.25, -0.2) is 14.4 Å². The molecule has 5 heteroatoms. The van der Waals surface area contributed by atoms with Crippen molar-refractivity contribution in [1.29, 1.82) is 0 Å². The first-order valence-electron chi connectivity index (χ1n) is 11.1. The van der Waals surface area contributed by atoms with E-state index in [1.807, 2.05) is 18.2 Å². The van der Waals surface area contributed by atoms with Crippen molar-refractivity contribution in [2.75, 3.05) is 13.1 Å². The molecule has 2 aliphatic rings. The minimum absolute atomic E-state index is 0.0298. The van der Waals surface area contributed by atoms with Crippen LogP contribution in [0.1, 0.15) is 42.5 Å².